The molecule has 0 rings (SSSR count). The highest BCUT2D eigenvalue weighted by molar-refractivity contribution is 6.52. The summed E-state index contributed by atoms with van der Waals surface area (Å²) < 4.78 is -1.64. The van der Waals surface area contributed by atoms with Crippen molar-refractivity contribution in [3.05, 3.63) is 0 Å². The predicted molar refractivity (Wildman–Crippen MR) is 54.6 cm³/mol. The predicted octanol–water partition coefficient (Wildman–Crippen LogP) is 1.46. The van der Waals surface area contributed by atoms with E-state index in [9.17, 15) is 9.90 Å². The fourth-order valence-corrected chi connectivity index (χ4v) is 0.810. The van der Waals surface area contributed by atoms with Gasteiger partial charge in [0.05, 0.1) is 5.38 Å². The summed E-state index contributed by atoms with van der Waals surface area (Å²) in [7, 11) is 0. The minimum atomic E-state index is -1.64. The van der Waals surface area contributed by atoms with Gasteiger partial charge in [-0.3, -0.25) is 4.79 Å². The maximum atomic E-state index is 10.7. The average molecular weight is 269 g/mol. The van der Waals surface area contributed by atoms with Crippen molar-refractivity contribution in [3.63, 3.8) is 0 Å². The van der Waals surface area contributed by atoms with E-state index in [2.05, 4.69) is 5.32 Å². The third kappa shape index (κ3) is 4.09. The smallest absolute Gasteiger partial charge is 0.236 e. The second-order valence-electron chi connectivity index (χ2n) is 2.39. The van der Waals surface area contributed by atoms with Gasteiger partial charge < -0.3 is 10.4 Å². The number of carbonyl (C=O) groups is 1. The first-order valence-electron chi connectivity index (χ1n) is 3.37. The van der Waals surface area contributed by atoms with Gasteiger partial charge in [0.15, 0.2) is 10.6 Å². The van der Waals surface area contributed by atoms with Gasteiger partial charge in [-0.2, -0.15) is 0 Å². The molecule has 0 heterocycles. The number of aliphatic hydroxyl groups excluding tert-OH is 1. The Kier molecular flexibility index (Phi) is 5.71. The zero-order chi connectivity index (χ0) is 10.6. The normalized spacial score (nSPS) is 16.5. The van der Waals surface area contributed by atoms with Crippen LogP contribution >= 0.6 is 46.4 Å². The molecular weight excluding hydrogens is 260 g/mol. The van der Waals surface area contributed by atoms with Gasteiger partial charge in [-0.15, -0.1) is 23.2 Å². The topological polar surface area (TPSA) is 49.3 Å². The van der Waals surface area contributed by atoms with Gasteiger partial charge in [0, 0.05) is 0 Å². The Morgan fingerprint density at radius 2 is 2.08 bits per heavy atom. The van der Waals surface area contributed by atoms with Gasteiger partial charge in [-0.05, 0) is 6.92 Å². The second-order valence-corrected chi connectivity index (χ2v) is 4.76. The Morgan fingerprint density at radius 1 is 1.62 bits per heavy atom. The molecule has 0 aliphatic carbocycles. The van der Waals surface area contributed by atoms with Gasteiger partial charge in [0.25, 0.3) is 0 Å². The summed E-state index contributed by atoms with van der Waals surface area (Å²) in [5.41, 5.74) is 0. The van der Waals surface area contributed by atoms with Gasteiger partial charge in [0.1, 0.15) is 5.88 Å². The number of carbonyl (C=O) groups excluding carboxylic acids is 1. The number of nitrogens with one attached hydrogen (secondary N) is 1. The van der Waals surface area contributed by atoms with E-state index in [1.165, 1.54) is 6.92 Å². The van der Waals surface area contributed by atoms with E-state index in [-0.39, 0.29) is 5.88 Å². The van der Waals surface area contributed by atoms with E-state index in [1.54, 1.807) is 0 Å². The van der Waals surface area contributed by atoms with Crippen LogP contribution in [-0.4, -0.2) is 32.8 Å². The Balaban J connectivity index is 4.24. The highest BCUT2D eigenvalue weighted by Gasteiger charge is 2.39. The highest BCUT2D eigenvalue weighted by atomic mass is 35.5. The summed E-state index contributed by atoms with van der Waals surface area (Å²) in [4.78, 5) is 10.7. The third-order valence-corrected chi connectivity index (χ3v) is 3.19. The van der Waals surface area contributed by atoms with E-state index >= 15 is 0 Å². The molecule has 78 valence electrons. The van der Waals surface area contributed by atoms with Crippen molar-refractivity contribution in [3.8, 4) is 0 Å². The summed E-state index contributed by atoms with van der Waals surface area (Å²) in [5, 5.41) is 10.7. The van der Waals surface area contributed by atoms with Crippen LogP contribution in [0.1, 0.15) is 6.92 Å². The molecule has 2 N–H and O–H groups in total. The Hall–Kier alpha value is 0.590. The fourth-order valence-electron chi connectivity index (χ4n) is 0.505. The first-order chi connectivity index (χ1) is 5.82. The number of hydrogen-bond acceptors (Lipinski definition) is 2. The summed E-state index contributed by atoms with van der Waals surface area (Å²) >= 11 is 22.1. The minimum Gasteiger partial charge on any atom is -0.370 e. The Labute approximate surface area is 96.3 Å². The van der Waals surface area contributed by atoms with Crippen LogP contribution in [-0.2, 0) is 4.79 Å². The summed E-state index contributed by atoms with van der Waals surface area (Å²) in [6.45, 7) is 1.50. The standard InChI is InChI=1S/C6H9Cl4NO2/c1-3(8)6(9,10)5(13)11-4(12)2-7/h3,5,13H,2H2,1H3,(H,11,12). The van der Waals surface area contributed by atoms with Crippen LogP contribution in [0, 0.1) is 0 Å². The highest BCUT2D eigenvalue weighted by Crippen LogP contribution is 2.31. The van der Waals surface area contributed by atoms with E-state index in [0.29, 0.717) is 0 Å². The molecule has 0 saturated heterocycles. The van der Waals surface area contributed by atoms with Crippen molar-refractivity contribution in [1.29, 1.82) is 0 Å². The molecule has 13 heavy (non-hydrogen) atoms. The molecule has 0 radical (unpaired) electrons. The Morgan fingerprint density at radius 3 is 2.38 bits per heavy atom. The molecule has 0 aromatic heterocycles. The van der Waals surface area contributed by atoms with E-state index in [4.69, 9.17) is 46.4 Å². The second kappa shape index (κ2) is 5.47. The molecule has 0 fully saturated rings. The van der Waals surface area contributed by atoms with E-state index in [0.717, 1.165) is 0 Å². The summed E-state index contributed by atoms with van der Waals surface area (Å²) in [5.74, 6) is -0.852. The third-order valence-electron chi connectivity index (χ3n) is 1.31. The van der Waals surface area contributed by atoms with Crippen molar-refractivity contribution in [2.75, 3.05) is 5.88 Å². The fraction of sp³-hybridized carbons (Fsp3) is 0.833. The molecule has 0 aliphatic heterocycles. The number of hydrogen-bond donors (Lipinski definition) is 2. The van der Waals surface area contributed by atoms with Gasteiger partial charge >= 0.3 is 0 Å². The summed E-state index contributed by atoms with van der Waals surface area (Å²) in [6.07, 6.45) is -1.45. The van der Waals surface area contributed by atoms with Crippen LogP contribution < -0.4 is 5.32 Å². The minimum absolute atomic E-state index is 0.280. The maximum Gasteiger partial charge on any atom is 0.236 e. The molecule has 0 aliphatic rings. The molecule has 2 atom stereocenters. The molecule has 0 spiro atoms. The molecule has 3 nitrogen and oxygen atoms in total. The first-order valence-corrected chi connectivity index (χ1v) is 5.10. The van der Waals surface area contributed by atoms with Crippen molar-refractivity contribution in [1.82, 2.24) is 5.32 Å². The van der Waals surface area contributed by atoms with Crippen LogP contribution in [0.5, 0.6) is 0 Å². The molecular formula is C6H9Cl4NO2. The molecule has 0 aromatic rings. The van der Waals surface area contributed by atoms with E-state index < -0.39 is 21.8 Å². The van der Waals surface area contributed by atoms with E-state index in [1.807, 2.05) is 0 Å². The number of halogens is 4. The lowest BCUT2D eigenvalue weighted by molar-refractivity contribution is -0.121. The van der Waals surface area contributed by atoms with Crippen molar-refractivity contribution < 1.29 is 9.90 Å². The van der Waals surface area contributed by atoms with Crippen molar-refractivity contribution >= 4 is 52.3 Å². The van der Waals surface area contributed by atoms with Crippen LogP contribution in [0.4, 0.5) is 0 Å². The van der Waals surface area contributed by atoms with Crippen LogP contribution in [0.15, 0.2) is 0 Å². The molecule has 0 aromatic carbocycles. The number of aliphatic hydroxyl groups is 1. The van der Waals surface area contributed by atoms with Gasteiger partial charge in [-0.25, -0.2) is 0 Å². The quantitative estimate of drug-likeness (QED) is 0.599. The van der Waals surface area contributed by atoms with Crippen LogP contribution in [0.25, 0.3) is 0 Å². The molecule has 0 saturated carbocycles. The van der Waals surface area contributed by atoms with Gasteiger partial charge in [0.2, 0.25) is 5.91 Å². The Bertz CT molecular complexity index is 185. The lowest BCUT2D eigenvalue weighted by Gasteiger charge is -2.28. The number of rotatable bonds is 4. The monoisotopic (exact) mass is 267 g/mol. The number of amides is 1. The molecule has 7 heteroatoms. The maximum absolute atomic E-state index is 10.7. The molecule has 0 bridgehead atoms. The average Bonchev–Trinajstić information content (AvgIpc) is 2.03. The lowest BCUT2D eigenvalue weighted by Crippen LogP contribution is -2.50. The molecule has 1 amide bonds. The largest absolute Gasteiger partial charge is 0.370 e. The van der Waals surface area contributed by atoms with Crippen molar-refractivity contribution in [2.24, 2.45) is 0 Å². The molecule has 2 unspecified atom stereocenters. The summed E-state index contributed by atoms with van der Waals surface area (Å²) in [6, 6.07) is 0. The first kappa shape index (κ1) is 13.6. The van der Waals surface area contributed by atoms with Crippen LogP contribution in [0.2, 0.25) is 0 Å². The van der Waals surface area contributed by atoms with Crippen molar-refractivity contribution in [2.45, 2.75) is 22.9 Å². The van der Waals surface area contributed by atoms with Gasteiger partial charge in [-0.1, -0.05) is 23.2 Å². The SMILES string of the molecule is CC(Cl)C(Cl)(Cl)C(O)NC(=O)CCl. The lowest BCUT2D eigenvalue weighted by atomic mass is 10.3. The zero-order valence-corrected chi connectivity index (χ0v) is 9.75. The number of alkyl halides is 4. The van der Waals surface area contributed by atoms with Crippen LogP contribution in [0.3, 0.4) is 0 Å². The zero-order valence-electron chi connectivity index (χ0n) is 6.73.